The van der Waals surface area contributed by atoms with Crippen molar-refractivity contribution in [1.82, 2.24) is 0 Å². The van der Waals surface area contributed by atoms with Gasteiger partial charge in [0.1, 0.15) is 0 Å². The van der Waals surface area contributed by atoms with E-state index >= 15 is 0 Å². The fourth-order valence-corrected chi connectivity index (χ4v) is 1.45. The van der Waals surface area contributed by atoms with Crippen molar-refractivity contribution < 1.29 is 44.3 Å². The lowest BCUT2D eigenvalue weighted by Crippen LogP contribution is -2.64. The van der Waals surface area contributed by atoms with E-state index in [9.17, 15) is 44.3 Å². The maximum Gasteiger partial charge on any atom is 0.460 e. The van der Waals surface area contributed by atoms with E-state index in [1.54, 1.807) is 0 Å². The standard InChI is InChI=1S/C12H8F9NO/c1-6-3-2-4-7(5-6)22-8(23)9(13,14)10(15,16)11(17,18)12(19,20)21/h2-5H,1H3,(H,22,23). The van der Waals surface area contributed by atoms with Crippen LogP contribution in [0.15, 0.2) is 24.3 Å². The van der Waals surface area contributed by atoms with Crippen molar-refractivity contribution in [2.75, 3.05) is 5.32 Å². The highest BCUT2D eigenvalue weighted by Gasteiger charge is 2.83. The van der Waals surface area contributed by atoms with Crippen molar-refractivity contribution in [3.8, 4) is 0 Å². The van der Waals surface area contributed by atoms with E-state index in [1.165, 1.54) is 24.4 Å². The molecule has 0 radical (unpaired) electrons. The van der Waals surface area contributed by atoms with Crippen LogP contribution >= 0.6 is 0 Å². The molecule has 0 heterocycles. The summed E-state index contributed by atoms with van der Waals surface area (Å²) in [4.78, 5) is 11.1. The number of carbonyl (C=O) groups is 1. The Balaban J connectivity index is 3.16. The number of amides is 1. The number of carbonyl (C=O) groups excluding carboxylic acids is 1. The summed E-state index contributed by atoms with van der Waals surface area (Å²) in [6.45, 7) is 1.43. The first-order valence-electron chi connectivity index (χ1n) is 5.73. The Morgan fingerprint density at radius 3 is 1.87 bits per heavy atom. The Kier molecular flexibility index (Phi) is 4.66. The summed E-state index contributed by atoms with van der Waals surface area (Å²) in [6, 6.07) is 4.63. The summed E-state index contributed by atoms with van der Waals surface area (Å²) in [7, 11) is 0. The molecule has 0 fully saturated rings. The van der Waals surface area contributed by atoms with Gasteiger partial charge in [-0.3, -0.25) is 4.79 Å². The fraction of sp³-hybridized carbons (Fsp3) is 0.417. The number of nitrogens with one attached hydrogen (secondary N) is 1. The number of halogens is 9. The molecule has 23 heavy (non-hydrogen) atoms. The molecule has 0 aliphatic heterocycles. The maximum absolute atomic E-state index is 13.3. The molecule has 2 nitrogen and oxygen atoms in total. The van der Waals surface area contributed by atoms with Crippen LogP contribution in [0.1, 0.15) is 5.56 Å². The van der Waals surface area contributed by atoms with Gasteiger partial charge in [0.15, 0.2) is 0 Å². The highest BCUT2D eigenvalue weighted by atomic mass is 19.4. The number of aryl methyl sites for hydroxylation is 1. The third kappa shape index (κ3) is 3.22. The molecule has 1 N–H and O–H groups in total. The molecule has 0 saturated heterocycles. The minimum absolute atomic E-state index is 0.387. The zero-order valence-corrected chi connectivity index (χ0v) is 11.1. The Morgan fingerprint density at radius 2 is 1.43 bits per heavy atom. The first-order chi connectivity index (χ1) is 10.1. The van der Waals surface area contributed by atoms with Crippen LogP contribution in [0.4, 0.5) is 45.2 Å². The molecule has 1 amide bonds. The number of rotatable bonds is 4. The average molecular weight is 353 g/mol. The van der Waals surface area contributed by atoms with Gasteiger partial charge in [-0.1, -0.05) is 12.1 Å². The highest BCUT2D eigenvalue weighted by Crippen LogP contribution is 2.53. The Hall–Kier alpha value is -1.94. The molecule has 1 rings (SSSR count). The van der Waals surface area contributed by atoms with Crippen LogP contribution in [0.25, 0.3) is 0 Å². The molecular weight excluding hydrogens is 345 g/mol. The smallest absolute Gasteiger partial charge is 0.321 e. The van der Waals surface area contributed by atoms with Crippen molar-refractivity contribution in [3.63, 3.8) is 0 Å². The molecule has 130 valence electrons. The minimum atomic E-state index is -7.10. The molecule has 11 heteroatoms. The second-order valence-corrected chi connectivity index (χ2v) is 4.54. The quantitative estimate of drug-likeness (QED) is 0.799. The molecule has 0 aliphatic rings. The summed E-state index contributed by atoms with van der Waals surface area (Å²) in [5, 5.41) is 1.18. The fourth-order valence-electron chi connectivity index (χ4n) is 1.45. The van der Waals surface area contributed by atoms with E-state index in [1.807, 2.05) is 0 Å². The molecule has 0 bridgehead atoms. The van der Waals surface area contributed by atoms with Gasteiger partial charge in [0, 0.05) is 5.69 Å². The maximum atomic E-state index is 13.3. The molecule has 1 aromatic carbocycles. The first kappa shape index (κ1) is 19.1. The van der Waals surface area contributed by atoms with Gasteiger partial charge in [0.2, 0.25) is 0 Å². The van der Waals surface area contributed by atoms with Crippen LogP contribution in [-0.4, -0.2) is 29.9 Å². The van der Waals surface area contributed by atoms with Gasteiger partial charge in [0.05, 0.1) is 0 Å². The van der Waals surface area contributed by atoms with Crippen LogP contribution in [0, 0.1) is 6.92 Å². The van der Waals surface area contributed by atoms with E-state index in [0.29, 0.717) is 5.56 Å². The monoisotopic (exact) mass is 353 g/mol. The molecule has 0 spiro atoms. The molecule has 0 aromatic heterocycles. The van der Waals surface area contributed by atoms with E-state index in [-0.39, 0.29) is 0 Å². The SMILES string of the molecule is Cc1cccc(NC(=O)C(F)(F)C(F)(F)C(F)(F)C(F)(F)F)c1. The lowest BCUT2D eigenvalue weighted by Gasteiger charge is -2.32. The Bertz CT molecular complexity index is 594. The molecule has 0 aliphatic carbocycles. The summed E-state index contributed by atoms with van der Waals surface area (Å²) in [5.74, 6) is -23.4. The number of benzene rings is 1. The zero-order chi connectivity index (χ0) is 18.3. The normalized spacial score (nSPS) is 13.8. The number of alkyl halides is 9. The summed E-state index contributed by atoms with van der Waals surface area (Å²) in [6.07, 6.45) is -6.97. The second-order valence-electron chi connectivity index (χ2n) is 4.54. The lowest BCUT2D eigenvalue weighted by molar-refractivity contribution is -0.388. The van der Waals surface area contributed by atoms with Crippen molar-refractivity contribution in [2.45, 2.75) is 30.9 Å². The molecule has 0 unspecified atom stereocenters. The van der Waals surface area contributed by atoms with E-state index in [4.69, 9.17) is 0 Å². The number of hydrogen-bond donors (Lipinski definition) is 1. The predicted molar refractivity (Wildman–Crippen MR) is 60.7 cm³/mol. The second kappa shape index (κ2) is 5.60. The largest absolute Gasteiger partial charge is 0.460 e. The van der Waals surface area contributed by atoms with Crippen molar-refractivity contribution in [2.24, 2.45) is 0 Å². The van der Waals surface area contributed by atoms with Gasteiger partial charge in [0.25, 0.3) is 0 Å². The summed E-state index contributed by atoms with van der Waals surface area (Å²) < 4.78 is 114. The van der Waals surface area contributed by atoms with Crippen molar-refractivity contribution >= 4 is 11.6 Å². The van der Waals surface area contributed by atoms with Crippen LogP contribution in [-0.2, 0) is 4.79 Å². The first-order valence-corrected chi connectivity index (χ1v) is 5.73. The van der Waals surface area contributed by atoms with Gasteiger partial charge in [-0.15, -0.1) is 0 Å². The van der Waals surface area contributed by atoms with Gasteiger partial charge in [-0.05, 0) is 24.6 Å². The predicted octanol–water partition coefficient (Wildman–Crippen LogP) is 4.40. The van der Waals surface area contributed by atoms with Crippen LogP contribution in [0.3, 0.4) is 0 Å². The zero-order valence-electron chi connectivity index (χ0n) is 11.1. The van der Waals surface area contributed by atoms with E-state index in [0.717, 1.165) is 12.1 Å². The molecular formula is C12H8F9NO. The van der Waals surface area contributed by atoms with Gasteiger partial charge in [-0.25, -0.2) is 0 Å². The van der Waals surface area contributed by atoms with Crippen molar-refractivity contribution in [1.29, 1.82) is 0 Å². The molecule has 1 aromatic rings. The third-order valence-corrected chi connectivity index (χ3v) is 2.71. The van der Waals surface area contributed by atoms with Gasteiger partial charge >= 0.3 is 29.9 Å². The molecule has 0 saturated carbocycles. The highest BCUT2D eigenvalue weighted by molar-refractivity contribution is 5.97. The summed E-state index contributed by atoms with van der Waals surface area (Å²) >= 11 is 0. The lowest BCUT2D eigenvalue weighted by atomic mass is 10.0. The minimum Gasteiger partial charge on any atom is -0.321 e. The van der Waals surface area contributed by atoms with Gasteiger partial charge in [-0.2, -0.15) is 39.5 Å². The average Bonchev–Trinajstić information content (AvgIpc) is 2.36. The van der Waals surface area contributed by atoms with Gasteiger partial charge < -0.3 is 5.32 Å². The Morgan fingerprint density at radius 1 is 0.913 bits per heavy atom. The third-order valence-electron chi connectivity index (χ3n) is 2.71. The van der Waals surface area contributed by atoms with E-state index in [2.05, 4.69) is 0 Å². The van der Waals surface area contributed by atoms with Crippen LogP contribution in [0.2, 0.25) is 0 Å². The topological polar surface area (TPSA) is 29.1 Å². The van der Waals surface area contributed by atoms with Crippen LogP contribution in [0.5, 0.6) is 0 Å². The van der Waals surface area contributed by atoms with Crippen molar-refractivity contribution in [3.05, 3.63) is 29.8 Å². The number of anilines is 1. The number of hydrogen-bond acceptors (Lipinski definition) is 1. The van der Waals surface area contributed by atoms with E-state index < -0.39 is 35.5 Å². The Labute approximate surface area is 123 Å². The summed E-state index contributed by atoms with van der Waals surface area (Å²) in [5.41, 5.74) is -0.0840. The van der Waals surface area contributed by atoms with Crippen LogP contribution < -0.4 is 5.32 Å². The molecule has 0 atom stereocenters.